The summed E-state index contributed by atoms with van der Waals surface area (Å²) in [5.41, 5.74) is 5.56. The Bertz CT molecular complexity index is 1650. The van der Waals surface area contributed by atoms with Crippen molar-refractivity contribution in [3.8, 4) is 17.2 Å². The van der Waals surface area contributed by atoms with Gasteiger partial charge in [-0.05, 0) is 61.7 Å². The maximum absolute atomic E-state index is 13.0. The van der Waals surface area contributed by atoms with Gasteiger partial charge in [0.1, 0.15) is 17.0 Å². The van der Waals surface area contributed by atoms with Crippen LogP contribution in [-0.2, 0) is 20.7 Å². The van der Waals surface area contributed by atoms with E-state index in [0.29, 0.717) is 18.7 Å². The van der Waals surface area contributed by atoms with Gasteiger partial charge < -0.3 is 9.64 Å². The number of ketones is 1. The fraction of sp³-hybridized carbons (Fsp3) is 0.394. The molecule has 6 rings (SSSR count). The first kappa shape index (κ1) is 27.8. The number of hydrogen-bond donors (Lipinski definition) is 0. The second kappa shape index (κ2) is 11.5. The number of benzene rings is 1. The summed E-state index contributed by atoms with van der Waals surface area (Å²) in [5.74, 6) is 0.622. The van der Waals surface area contributed by atoms with Gasteiger partial charge in [-0.25, -0.2) is 14.8 Å². The van der Waals surface area contributed by atoms with Crippen molar-refractivity contribution in [2.24, 2.45) is 10.4 Å². The second-order valence-corrected chi connectivity index (χ2v) is 11.4. The Morgan fingerprint density at radius 2 is 1.86 bits per heavy atom. The van der Waals surface area contributed by atoms with Gasteiger partial charge in [-0.1, -0.05) is 31.4 Å². The van der Waals surface area contributed by atoms with Crippen LogP contribution in [0.4, 0.5) is 5.69 Å². The van der Waals surface area contributed by atoms with E-state index in [9.17, 15) is 9.59 Å². The molecule has 1 aromatic carbocycles. The predicted octanol–water partition coefficient (Wildman–Crippen LogP) is 5.39. The van der Waals surface area contributed by atoms with Crippen LogP contribution in [0.25, 0.3) is 28.4 Å². The Kier molecular flexibility index (Phi) is 7.58. The van der Waals surface area contributed by atoms with E-state index in [0.717, 1.165) is 71.6 Å². The Hall–Kier alpha value is -4.40. The van der Waals surface area contributed by atoms with Crippen molar-refractivity contribution in [3.63, 3.8) is 0 Å². The molecule has 0 aliphatic heterocycles. The van der Waals surface area contributed by atoms with Crippen LogP contribution in [0.3, 0.4) is 0 Å². The fourth-order valence-electron chi connectivity index (χ4n) is 6.20. The highest BCUT2D eigenvalue weighted by Crippen LogP contribution is 2.47. The third-order valence-electron chi connectivity index (χ3n) is 8.52. The lowest BCUT2D eigenvalue weighted by Gasteiger charge is -2.44. The first-order valence-electron chi connectivity index (χ1n) is 14.7. The highest BCUT2D eigenvalue weighted by atomic mass is 16.5. The number of aromatic nitrogens is 4. The highest BCUT2D eigenvalue weighted by Gasteiger charge is 2.52. The summed E-state index contributed by atoms with van der Waals surface area (Å²) in [4.78, 5) is 46.7. The van der Waals surface area contributed by atoms with Gasteiger partial charge in [0.05, 0.1) is 12.0 Å². The summed E-state index contributed by atoms with van der Waals surface area (Å²) >= 11 is 0. The zero-order chi connectivity index (χ0) is 29.3. The van der Waals surface area contributed by atoms with Crippen molar-refractivity contribution in [1.82, 2.24) is 19.5 Å². The van der Waals surface area contributed by atoms with Crippen molar-refractivity contribution in [2.75, 3.05) is 25.6 Å². The van der Waals surface area contributed by atoms with E-state index in [-0.39, 0.29) is 18.4 Å². The standard InChI is InChI=1S/C33H36N6O3/c1-4-42-32(41)27(36-28-21-29(40)33(28)15-6-5-7-16-33)19-22-10-12-23(13-11-22)39-30-25(9-8-17-35-30)37-31(39)26-20-24(38(2)3)14-18-34-26/h8-14,17-18,20,27H,4-7,15-16,19,21H2,1-3H3/t27-/m0/s1. The van der Waals surface area contributed by atoms with Crippen LogP contribution >= 0.6 is 0 Å². The number of esters is 1. The van der Waals surface area contributed by atoms with Gasteiger partial charge in [-0.2, -0.15) is 0 Å². The maximum atomic E-state index is 13.0. The largest absolute Gasteiger partial charge is 0.464 e. The van der Waals surface area contributed by atoms with Crippen LogP contribution in [0, 0.1) is 5.41 Å². The second-order valence-electron chi connectivity index (χ2n) is 11.4. The molecule has 0 N–H and O–H groups in total. The minimum Gasteiger partial charge on any atom is -0.464 e. The average molecular weight is 565 g/mol. The summed E-state index contributed by atoms with van der Waals surface area (Å²) in [7, 11) is 3.99. The SMILES string of the molecule is CCOC(=O)[C@H](Cc1ccc(-n2c(-c3cc(N(C)C)ccn3)nc3cccnc32)cc1)N=C1CC(=O)C12CCCCC2. The van der Waals surface area contributed by atoms with Crippen LogP contribution in [0.2, 0.25) is 0 Å². The third-order valence-corrected chi connectivity index (χ3v) is 8.52. The van der Waals surface area contributed by atoms with Crippen LogP contribution in [0.5, 0.6) is 0 Å². The molecule has 1 atom stereocenters. The van der Waals surface area contributed by atoms with Gasteiger partial charge in [0, 0.05) is 56.4 Å². The molecule has 1 spiro atoms. The summed E-state index contributed by atoms with van der Waals surface area (Å²) in [5, 5.41) is 0. The van der Waals surface area contributed by atoms with Gasteiger partial charge >= 0.3 is 5.97 Å². The molecule has 0 bridgehead atoms. The summed E-state index contributed by atoms with van der Waals surface area (Å²) in [6.45, 7) is 2.09. The molecule has 2 aliphatic rings. The molecule has 216 valence electrons. The number of rotatable bonds is 8. The number of aliphatic imine (C=N–C) groups is 1. The summed E-state index contributed by atoms with van der Waals surface area (Å²) in [6, 6.07) is 15.1. The number of pyridine rings is 2. The number of anilines is 1. The Balaban J connectivity index is 1.32. The van der Waals surface area contributed by atoms with Crippen LogP contribution in [0.15, 0.2) is 65.9 Å². The molecule has 2 saturated carbocycles. The summed E-state index contributed by atoms with van der Waals surface area (Å²) in [6.07, 6.45) is 9.20. The molecule has 3 heterocycles. The molecule has 3 aromatic heterocycles. The number of fused-ring (bicyclic) bond motifs is 1. The van der Waals surface area contributed by atoms with Crippen LogP contribution in [-0.4, -0.2) is 63.7 Å². The molecule has 0 saturated heterocycles. The van der Waals surface area contributed by atoms with Crippen molar-refractivity contribution < 1.29 is 14.3 Å². The Morgan fingerprint density at radius 3 is 2.57 bits per heavy atom. The number of Topliss-reactive ketones (excluding diaryl/α,β-unsaturated/α-hetero) is 1. The molecule has 0 radical (unpaired) electrons. The molecule has 42 heavy (non-hydrogen) atoms. The van der Waals surface area contributed by atoms with Gasteiger partial charge in [-0.3, -0.25) is 19.3 Å². The molecule has 4 aromatic rings. The number of ether oxygens (including phenoxy) is 1. The fourth-order valence-corrected chi connectivity index (χ4v) is 6.20. The van der Waals surface area contributed by atoms with E-state index in [4.69, 9.17) is 14.7 Å². The minimum absolute atomic E-state index is 0.274. The van der Waals surface area contributed by atoms with E-state index in [1.807, 2.05) is 72.1 Å². The van der Waals surface area contributed by atoms with E-state index in [2.05, 4.69) is 9.97 Å². The predicted molar refractivity (Wildman–Crippen MR) is 163 cm³/mol. The average Bonchev–Trinajstić information content (AvgIpc) is 3.41. The first-order valence-corrected chi connectivity index (χ1v) is 14.7. The van der Waals surface area contributed by atoms with E-state index < -0.39 is 11.5 Å². The first-order chi connectivity index (χ1) is 20.4. The normalized spacial score (nSPS) is 17.8. The van der Waals surface area contributed by atoms with Crippen molar-refractivity contribution >= 4 is 34.3 Å². The summed E-state index contributed by atoms with van der Waals surface area (Å²) < 4.78 is 7.42. The molecule has 2 fully saturated rings. The zero-order valence-electron chi connectivity index (χ0n) is 24.4. The number of hydrogen-bond acceptors (Lipinski definition) is 8. The Morgan fingerprint density at radius 1 is 1.07 bits per heavy atom. The monoisotopic (exact) mass is 564 g/mol. The third kappa shape index (κ3) is 5.08. The quantitative estimate of drug-likeness (QED) is 0.265. The van der Waals surface area contributed by atoms with Gasteiger partial charge in [0.2, 0.25) is 0 Å². The number of carbonyl (C=O) groups is 2. The minimum atomic E-state index is -0.679. The number of imidazole rings is 1. The van der Waals surface area contributed by atoms with E-state index >= 15 is 0 Å². The lowest BCUT2D eigenvalue weighted by atomic mass is 9.58. The van der Waals surface area contributed by atoms with Gasteiger partial charge in [0.25, 0.3) is 0 Å². The van der Waals surface area contributed by atoms with Gasteiger partial charge in [-0.15, -0.1) is 0 Å². The zero-order valence-corrected chi connectivity index (χ0v) is 24.4. The molecular formula is C33H36N6O3. The van der Waals surface area contributed by atoms with Crippen LogP contribution in [0.1, 0.15) is 51.0 Å². The van der Waals surface area contributed by atoms with Gasteiger partial charge in [0.15, 0.2) is 17.5 Å². The molecule has 0 amide bonds. The van der Waals surface area contributed by atoms with Crippen molar-refractivity contribution in [2.45, 2.75) is 57.9 Å². The van der Waals surface area contributed by atoms with E-state index in [1.165, 1.54) is 0 Å². The molecule has 9 heteroatoms. The Labute approximate surface area is 245 Å². The van der Waals surface area contributed by atoms with E-state index in [1.54, 1.807) is 19.3 Å². The van der Waals surface area contributed by atoms with Crippen molar-refractivity contribution in [1.29, 1.82) is 0 Å². The lowest BCUT2D eigenvalue weighted by molar-refractivity contribution is -0.144. The van der Waals surface area contributed by atoms with Crippen molar-refractivity contribution in [3.05, 3.63) is 66.5 Å². The lowest BCUT2D eigenvalue weighted by Crippen LogP contribution is -2.52. The molecule has 2 aliphatic carbocycles. The highest BCUT2D eigenvalue weighted by molar-refractivity contribution is 6.27. The molecular weight excluding hydrogens is 528 g/mol. The smallest absolute Gasteiger partial charge is 0.331 e. The number of nitrogens with zero attached hydrogens (tertiary/aromatic N) is 6. The number of carbonyl (C=O) groups excluding carboxylic acids is 2. The van der Waals surface area contributed by atoms with Crippen LogP contribution < -0.4 is 4.90 Å². The molecule has 9 nitrogen and oxygen atoms in total. The maximum Gasteiger partial charge on any atom is 0.331 e. The topological polar surface area (TPSA) is 103 Å². The molecule has 0 unspecified atom stereocenters.